The fourth-order valence-electron chi connectivity index (χ4n) is 13.1. The van der Waals surface area contributed by atoms with E-state index in [0.29, 0.717) is 57.2 Å². The van der Waals surface area contributed by atoms with Gasteiger partial charge in [-0.1, -0.05) is 89.2 Å². The van der Waals surface area contributed by atoms with Crippen LogP contribution in [0.4, 0.5) is 5.69 Å². The van der Waals surface area contributed by atoms with Crippen LogP contribution in [0.25, 0.3) is 0 Å². The molecular weight excluding hydrogens is 771 g/mol. The molecule has 0 aliphatic carbocycles. The van der Waals surface area contributed by atoms with Crippen molar-refractivity contribution in [1.29, 1.82) is 5.26 Å². The Morgan fingerprint density at radius 1 is 0.898 bits per heavy atom. The van der Waals surface area contributed by atoms with Crippen molar-refractivity contribution in [2.24, 2.45) is 5.92 Å². The smallest absolute Gasteiger partial charge is 0.244 e. The number of anilines is 1. The number of carbonyl (C=O) groups excluding carboxylic acids is 1. The number of hydrogen-bond acceptors (Lipinski definition) is 9. The highest BCUT2D eigenvalue weighted by Gasteiger charge is 2.59. The van der Waals surface area contributed by atoms with Gasteiger partial charge in [0.15, 0.2) is 16.6 Å². The van der Waals surface area contributed by atoms with Crippen molar-refractivity contribution in [2.45, 2.75) is 211 Å². The summed E-state index contributed by atoms with van der Waals surface area (Å²) in [4.78, 5) is 19.3. The highest BCUT2D eigenvalue weighted by molar-refractivity contribution is 6.78. The Morgan fingerprint density at radius 2 is 1.46 bits per heavy atom. The second-order valence-electron chi connectivity index (χ2n) is 21.3. The van der Waals surface area contributed by atoms with Crippen LogP contribution in [-0.2, 0) is 24.8 Å². The van der Waals surface area contributed by atoms with E-state index in [1.54, 1.807) is 7.11 Å². The van der Waals surface area contributed by atoms with Crippen LogP contribution in [0.1, 0.15) is 140 Å². The Bertz CT molecular complexity index is 1600. The van der Waals surface area contributed by atoms with Gasteiger partial charge in [0.05, 0.1) is 43.2 Å². The molecule has 2 N–H and O–H groups in total. The first kappa shape index (κ1) is 48.2. The Morgan fingerprint density at radius 3 is 1.97 bits per heavy atom. The first-order valence-corrected chi connectivity index (χ1v) is 27.4. The third-order valence-electron chi connectivity index (χ3n) is 15.1. The number of ether oxygens (including phenoxy) is 2. The van der Waals surface area contributed by atoms with Crippen LogP contribution >= 0.6 is 0 Å². The lowest BCUT2D eigenvalue weighted by atomic mass is 9.80. The molecule has 4 aliphatic heterocycles. The van der Waals surface area contributed by atoms with Gasteiger partial charge in [-0.3, -0.25) is 14.6 Å². The molecule has 0 radical (unpaired) electrons. The minimum Gasteiger partial charge on any atom is -0.494 e. The second-order valence-corrected chi connectivity index (χ2v) is 32.3. The van der Waals surface area contributed by atoms with E-state index < -0.39 is 22.7 Å². The maximum Gasteiger partial charge on any atom is 0.244 e. The van der Waals surface area contributed by atoms with E-state index in [9.17, 15) is 10.1 Å². The van der Waals surface area contributed by atoms with E-state index >= 15 is 0 Å². The Labute approximate surface area is 361 Å². The summed E-state index contributed by atoms with van der Waals surface area (Å²) in [5, 5.41) is 18.0. The highest BCUT2D eigenvalue weighted by atomic mass is 28.4. The van der Waals surface area contributed by atoms with Crippen LogP contribution in [0.3, 0.4) is 0 Å². The maximum absolute atomic E-state index is 14.2. The molecule has 334 valence electrons. The summed E-state index contributed by atoms with van der Waals surface area (Å²) in [5.74, 6) is 0.857. The van der Waals surface area contributed by atoms with Crippen molar-refractivity contribution in [2.75, 3.05) is 39.2 Å². The van der Waals surface area contributed by atoms with E-state index in [2.05, 4.69) is 123 Å². The normalized spacial score (nSPS) is 28.2. The van der Waals surface area contributed by atoms with Crippen LogP contribution in [0.2, 0.25) is 33.2 Å². The zero-order valence-electron chi connectivity index (χ0n) is 40.1. The maximum atomic E-state index is 14.2. The highest BCUT2D eigenvalue weighted by Crippen LogP contribution is 2.53. The average molecular weight is 854 g/mol. The Kier molecular flexibility index (Phi) is 15.4. The number of methoxy groups -OCH3 is 1. The van der Waals surface area contributed by atoms with Gasteiger partial charge in [-0.2, -0.15) is 5.26 Å². The lowest BCUT2D eigenvalue weighted by molar-refractivity contribution is -0.130. The molecule has 1 unspecified atom stereocenters. The van der Waals surface area contributed by atoms with Gasteiger partial charge < -0.3 is 29.0 Å². The summed E-state index contributed by atoms with van der Waals surface area (Å²) in [7, 11) is -0.459. The van der Waals surface area contributed by atoms with E-state index in [0.717, 1.165) is 44.4 Å². The molecular formula is C47H83N5O5Si2. The largest absolute Gasteiger partial charge is 0.494 e. The number of benzene rings is 1. The van der Waals surface area contributed by atoms with Crippen LogP contribution in [-0.4, -0.2) is 108 Å². The summed E-state index contributed by atoms with van der Waals surface area (Å²) in [5.41, 5.74) is 5.27. The number of hydrogen-bond donors (Lipinski definition) is 2. The molecule has 12 heteroatoms. The number of piperidine rings is 1. The van der Waals surface area contributed by atoms with Crippen molar-refractivity contribution in [1.82, 2.24) is 15.1 Å². The van der Waals surface area contributed by atoms with Crippen LogP contribution in [0.5, 0.6) is 5.75 Å². The first-order chi connectivity index (χ1) is 27.6. The third-order valence-corrected chi connectivity index (χ3v) is 27.3. The third kappa shape index (κ3) is 9.02. The topological polar surface area (TPSA) is 108 Å². The van der Waals surface area contributed by atoms with Gasteiger partial charge in [0.1, 0.15) is 17.8 Å². The number of fused-ring (bicyclic) bond motifs is 5. The van der Waals surface area contributed by atoms with Gasteiger partial charge in [-0.15, -0.1) is 0 Å². The summed E-state index contributed by atoms with van der Waals surface area (Å²) in [6, 6.07) is 6.42. The second kappa shape index (κ2) is 18.9. The van der Waals surface area contributed by atoms with Crippen molar-refractivity contribution in [3.63, 3.8) is 0 Å². The lowest BCUT2D eigenvalue weighted by Crippen LogP contribution is -2.67. The SMILES string of the molecule is COc1c(NC(=O)[C@H]2NCCC[C@H]2OC(C)(C)C)ccc2c1[C@H](CO[Si](C(C)C)(C(C)C)C(C)C)N1C(C2)[C@H]2[C@H](CO[Si](C(C)C)(C(C)C)C(C)C)C[C@@H]([C@H]1C#N)N2C. The zero-order chi connectivity index (χ0) is 43.9. The number of rotatable bonds is 16. The number of amides is 1. The molecule has 4 aliphatic rings. The van der Waals surface area contributed by atoms with Crippen molar-refractivity contribution >= 4 is 28.2 Å². The molecule has 1 aromatic rings. The van der Waals surface area contributed by atoms with Gasteiger partial charge in [-0.25, -0.2) is 0 Å². The molecule has 2 bridgehead atoms. The number of nitrogens with zero attached hydrogens (tertiary/aromatic N) is 3. The van der Waals surface area contributed by atoms with Gasteiger partial charge >= 0.3 is 0 Å². The molecule has 0 spiro atoms. The van der Waals surface area contributed by atoms with Crippen LogP contribution < -0.4 is 15.4 Å². The molecule has 5 rings (SSSR count). The molecule has 3 saturated heterocycles. The minimum atomic E-state index is -2.32. The zero-order valence-corrected chi connectivity index (χ0v) is 42.1. The molecule has 59 heavy (non-hydrogen) atoms. The summed E-state index contributed by atoms with van der Waals surface area (Å²) < 4.78 is 27.7. The molecule has 1 amide bonds. The fourth-order valence-corrected chi connectivity index (χ4v) is 24.0. The Hall–Kier alpha value is -1.83. The number of nitriles is 1. The molecule has 10 nitrogen and oxygen atoms in total. The van der Waals surface area contributed by atoms with E-state index in [1.165, 1.54) is 5.56 Å². The summed E-state index contributed by atoms with van der Waals surface area (Å²) in [6.45, 7) is 36.3. The van der Waals surface area contributed by atoms with Crippen molar-refractivity contribution in [3.05, 3.63) is 23.3 Å². The van der Waals surface area contributed by atoms with E-state index in [1.807, 2.05) is 26.8 Å². The summed E-state index contributed by atoms with van der Waals surface area (Å²) >= 11 is 0. The molecule has 3 fully saturated rings. The predicted octanol–water partition coefficient (Wildman–Crippen LogP) is 9.82. The number of likely N-dealkylation sites (N-methyl/N-ethyl adjacent to an activating group) is 1. The minimum absolute atomic E-state index is 0.0698. The lowest BCUT2D eigenvalue weighted by Gasteiger charge is -2.55. The number of carbonyl (C=O) groups is 1. The van der Waals surface area contributed by atoms with E-state index in [4.69, 9.17) is 18.3 Å². The average Bonchev–Trinajstić information content (AvgIpc) is 3.37. The van der Waals surface area contributed by atoms with Gasteiger partial charge in [0.2, 0.25) is 5.91 Å². The fraction of sp³-hybridized carbons (Fsp3) is 0.830. The van der Waals surface area contributed by atoms with Gasteiger partial charge in [0, 0.05) is 30.3 Å². The molecule has 1 aromatic carbocycles. The van der Waals surface area contributed by atoms with Gasteiger partial charge in [-0.05, 0) is 111 Å². The van der Waals surface area contributed by atoms with Crippen LogP contribution in [0.15, 0.2) is 12.1 Å². The monoisotopic (exact) mass is 854 g/mol. The van der Waals surface area contributed by atoms with Gasteiger partial charge in [0.25, 0.3) is 0 Å². The summed E-state index contributed by atoms with van der Waals surface area (Å²) in [6.07, 6.45) is 3.25. The first-order valence-electron chi connectivity index (χ1n) is 23.2. The Balaban J connectivity index is 1.60. The van der Waals surface area contributed by atoms with E-state index in [-0.39, 0.29) is 47.8 Å². The quantitative estimate of drug-likeness (QED) is 0.157. The van der Waals surface area contributed by atoms with Crippen molar-refractivity contribution < 1.29 is 23.1 Å². The standard InChI is InChI=1S/C47H83N5O5Si2/c1-28(2)58(29(3)4,30(5)6)55-26-35-24-37-39(25-48)52-38(44(35)51(37)16)23-34-20-21-36(50-46(53)43-41(19-18-22-49-43)57-47(13,14)15)45(54-17)42(34)40(52)27-56-59(31(7)8,32(9)10)33(11)12/h20-21,28-33,35,37-41,43-44,49H,18-19,22-24,26-27H2,1-17H3,(H,50,53)/t35-,37-,38?,39+,40-,41+,43-,44+/m0/s1. The number of piperazine rings is 1. The molecule has 4 heterocycles. The van der Waals surface area contributed by atoms with Crippen LogP contribution in [0, 0.1) is 17.2 Å². The number of nitrogens with one attached hydrogen (secondary N) is 2. The molecule has 0 aromatic heterocycles. The predicted molar refractivity (Wildman–Crippen MR) is 246 cm³/mol. The molecule has 0 saturated carbocycles. The molecule has 8 atom stereocenters. The van der Waals surface area contributed by atoms with Crippen molar-refractivity contribution in [3.8, 4) is 11.8 Å².